The van der Waals surface area contributed by atoms with Gasteiger partial charge in [-0.3, -0.25) is 0 Å². The van der Waals surface area contributed by atoms with Crippen molar-refractivity contribution in [1.82, 2.24) is 10.2 Å². The number of nitrogens with one attached hydrogen (secondary N) is 1. The van der Waals surface area contributed by atoms with E-state index in [1.165, 1.54) is 37.9 Å². The molecule has 1 aromatic rings. The molecular weight excluding hydrogens is 457 g/mol. The van der Waals surface area contributed by atoms with E-state index >= 15 is 0 Å². The fourth-order valence-corrected chi connectivity index (χ4v) is 5.55. The molecule has 1 aliphatic carbocycles. The third-order valence-corrected chi connectivity index (χ3v) is 6.87. The molecule has 1 saturated carbocycles. The Bertz CT molecular complexity index is 585. The summed E-state index contributed by atoms with van der Waals surface area (Å²) in [4.78, 5) is 7.37. The molecule has 0 bridgehead atoms. The molecule has 1 aliphatic heterocycles. The van der Waals surface area contributed by atoms with Crippen molar-refractivity contribution in [3.8, 4) is 0 Å². The highest BCUT2D eigenvalue weighted by molar-refractivity contribution is 14.0. The third kappa shape index (κ3) is 5.52. The van der Waals surface area contributed by atoms with E-state index in [0.717, 1.165) is 36.7 Å². The molecule has 3 rings (SSSR count). The summed E-state index contributed by atoms with van der Waals surface area (Å²) in [7, 11) is 0. The van der Waals surface area contributed by atoms with Gasteiger partial charge in [-0.25, -0.2) is 4.99 Å². The van der Waals surface area contributed by atoms with Crippen LogP contribution in [0.1, 0.15) is 50.2 Å². The van der Waals surface area contributed by atoms with Crippen LogP contribution in [0.25, 0.3) is 0 Å². The first-order valence-corrected chi connectivity index (χ1v) is 10.6. The quantitative estimate of drug-likeness (QED) is 0.381. The Hall–Kier alpha value is -0.470. The molecule has 4 nitrogen and oxygen atoms in total. The predicted molar refractivity (Wildman–Crippen MR) is 122 cm³/mol. The monoisotopic (exact) mass is 489 g/mol. The van der Waals surface area contributed by atoms with E-state index in [1.54, 1.807) is 0 Å². The van der Waals surface area contributed by atoms with Gasteiger partial charge in [0, 0.05) is 30.1 Å². The average Bonchev–Trinajstić information content (AvgIpc) is 2.66. The average molecular weight is 489 g/mol. The summed E-state index contributed by atoms with van der Waals surface area (Å²) in [5.74, 6) is 2.22. The molecule has 26 heavy (non-hydrogen) atoms. The molecule has 0 unspecified atom stereocenters. The fraction of sp³-hybridized carbons (Fsp3) is 0.650. The van der Waals surface area contributed by atoms with Gasteiger partial charge in [-0.1, -0.05) is 43.5 Å². The zero-order valence-corrected chi connectivity index (χ0v) is 18.9. The van der Waals surface area contributed by atoms with E-state index in [2.05, 4.69) is 35.0 Å². The van der Waals surface area contributed by atoms with Gasteiger partial charge in [0.05, 0.1) is 13.2 Å². The molecule has 2 fully saturated rings. The highest BCUT2D eigenvalue weighted by Crippen LogP contribution is 2.42. The first-order valence-electron chi connectivity index (χ1n) is 9.61. The standard InChI is InChI=1S/C20H31N3OS.HI/c1-2-21-19(22-14-17-8-4-5-9-18(17)15-24)23-12-13-25-20(16-23)10-6-3-7-11-20;/h4-5,8-9,24H,2-3,6-7,10-16H2,1H3,(H,21,22);1H. The number of rotatable bonds is 4. The molecule has 1 spiro atoms. The molecule has 0 amide bonds. The van der Waals surface area contributed by atoms with Crippen molar-refractivity contribution in [1.29, 1.82) is 0 Å². The molecule has 0 radical (unpaired) electrons. The van der Waals surface area contributed by atoms with Gasteiger partial charge in [0.1, 0.15) is 0 Å². The number of hydrogen-bond donors (Lipinski definition) is 2. The first kappa shape index (κ1) is 21.8. The molecule has 2 aliphatic rings. The lowest BCUT2D eigenvalue weighted by molar-refractivity contribution is 0.280. The molecule has 1 aromatic carbocycles. The number of guanidine groups is 1. The van der Waals surface area contributed by atoms with Crippen LogP contribution in [0.4, 0.5) is 0 Å². The van der Waals surface area contributed by atoms with Gasteiger partial charge >= 0.3 is 0 Å². The highest BCUT2D eigenvalue weighted by atomic mass is 127. The molecule has 0 atom stereocenters. The maximum atomic E-state index is 9.52. The number of aliphatic hydroxyl groups excluding tert-OH is 1. The number of nitrogens with zero attached hydrogens (tertiary/aromatic N) is 2. The molecular formula is C20H32IN3OS. The van der Waals surface area contributed by atoms with Crippen LogP contribution in [0.3, 0.4) is 0 Å². The SMILES string of the molecule is CCNC(=NCc1ccccc1CO)N1CCSC2(CCCCC2)C1.I. The Morgan fingerprint density at radius 1 is 1.23 bits per heavy atom. The lowest BCUT2D eigenvalue weighted by atomic mass is 9.87. The molecule has 1 heterocycles. The van der Waals surface area contributed by atoms with Crippen LogP contribution in [0.2, 0.25) is 0 Å². The van der Waals surface area contributed by atoms with E-state index in [1.807, 2.05) is 18.2 Å². The van der Waals surface area contributed by atoms with Crippen molar-refractivity contribution in [2.24, 2.45) is 4.99 Å². The summed E-state index contributed by atoms with van der Waals surface area (Å²) in [5, 5.41) is 13.0. The summed E-state index contributed by atoms with van der Waals surface area (Å²) in [5.41, 5.74) is 2.08. The van der Waals surface area contributed by atoms with Crippen molar-refractivity contribution in [3.05, 3.63) is 35.4 Å². The number of thioether (sulfide) groups is 1. The Balaban J connectivity index is 0.00000243. The van der Waals surface area contributed by atoms with Gasteiger partial charge in [0.15, 0.2) is 5.96 Å². The number of aliphatic imine (C=N–C) groups is 1. The molecule has 146 valence electrons. The second-order valence-corrected chi connectivity index (χ2v) is 8.67. The maximum Gasteiger partial charge on any atom is 0.194 e. The molecule has 2 N–H and O–H groups in total. The lowest BCUT2D eigenvalue weighted by Gasteiger charge is -2.45. The Morgan fingerprint density at radius 3 is 2.65 bits per heavy atom. The normalized spacial score (nSPS) is 19.9. The van der Waals surface area contributed by atoms with Crippen molar-refractivity contribution >= 4 is 41.7 Å². The summed E-state index contributed by atoms with van der Waals surface area (Å²) >= 11 is 2.19. The highest BCUT2D eigenvalue weighted by Gasteiger charge is 2.38. The van der Waals surface area contributed by atoms with Crippen molar-refractivity contribution < 1.29 is 5.11 Å². The van der Waals surface area contributed by atoms with E-state index in [0.29, 0.717) is 11.3 Å². The number of hydrogen-bond acceptors (Lipinski definition) is 3. The fourth-order valence-electron chi connectivity index (χ4n) is 3.98. The predicted octanol–water partition coefficient (Wildman–Crippen LogP) is 4.01. The minimum absolute atomic E-state index is 0. The lowest BCUT2D eigenvalue weighted by Crippen LogP contribution is -2.53. The van der Waals surface area contributed by atoms with Crippen LogP contribution in [0, 0.1) is 0 Å². The third-order valence-electron chi connectivity index (χ3n) is 5.34. The van der Waals surface area contributed by atoms with E-state index in [-0.39, 0.29) is 30.6 Å². The van der Waals surface area contributed by atoms with Crippen molar-refractivity contribution in [2.75, 3.05) is 25.4 Å². The first-order chi connectivity index (χ1) is 12.3. The second kappa shape index (κ2) is 10.8. The summed E-state index contributed by atoms with van der Waals surface area (Å²) in [6, 6.07) is 8.03. The molecule has 1 saturated heterocycles. The summed E-state index contributed by atoms with van der Waals surface area (Å²) < 4.78 is 0.440. The van der Waals surface area contributed by atoms with Gasteiger partial charge in [0.2, 0.25) is 0 Å². The minimum atomic E-state index is 0. The number of benzene rings is 1. The van der Waals surface area contributed by atoms with Crippen LogP contribution in [0.15, 0.2) is 29.3 Å². The zero-order valence-electron chi connectivity index (χ0n) is 15.7. The Kier molecular flexibility index (Phi) is 9.03. The van der Waals surface area contributed by atoms with Crippen LogP contribution < -0.4 is 5.32 Å². The van der Waals surface area contributed by atoms with E-state index in [4.69, 9.17) is 4.99 Å². The van der Waals surface area contributed by atoms with Gasteiger partial charge in [0.25, 0.3) is 0 Å². The second-order valence-electron chi connectivity index (χ2n) is 7.11. The van der Waals surface area contributed by atoms with Crippen LogP contribution in [-0.2, 0) is 13.2 Å². The van der Waals surface area contributed by atoms with E-state index < -0.39 is 0 Å². The van der Waals surface area contributed by atoms with Crippen LogP contribution >= 0.6 is 35.7 Å². The van der Waals surface area contributed by atoms with Crippen molar-refractivity contribution in [3.63, 3.8) is 0 Å². The maximum absolute atomic E-state index is 9.52. The zero-order chi connectivity index (χ0) is 17.5. The number of halogens is 1. The Morgan fingerprint density at radius 2 is 1.96 bits per heavy atom. The molecule has 0 aromatic heterocycles. The van der Waals surface area contributed by atoms with Gasteiger partial charge < -0.3 is 15.3 Å². The van der Waals surface area contributed by atoms with Gasteiger partial charge in [-0.15, -0.1) is 24.0 Å². The largest absolute Gasteiger partial charge is 0.392 e. The topological polar surface area (TPSA) is 47.9 Å². The Labute approximate surface area is 179 Å². The smallest absolute Gasteiger partial charge is 0.194 e. The van der Waals surface area contributed by atoms with Crippen LogP contribution in [0.5, 0.6) is 0 Å². The molecule has 6 heteroatoms. The van der Waals surface area contributed by atoms with Crippen LogP contribution in [-0.4, -0.2) is 46.1 Å². The number of aliphatic hydroxyl groups is 1. The minimum Gasteiger partial charge on any atom is -0.392 e. The van der Waals surface area contributed by atoms with E-state index in [9.17, 15) is 5.11 Å². The van der Waals surface area contributed by atoms with Crippen molar-refractivity contribution in [2.45, 2.75) is 56.9 Å². The van der Waals surface area contributed by atoms with Gasteiger partial charge in [-0.05, 0) is 30.9 Å². The summed E-state index contributed by atoms with van der Waals surface area (Å²) in [6.07, 6.45) is 6.84. The van der Waals surface area contributed by atoms with Gasteiger partial charge in [-0.2, -0.15) is 11.8 Å². The summed E-state index contributed by atoms with van der Waals surface area (Å²) in [6.45, 7) is 5.90.